The van der Waals surface area contributed by atoms with Crippen molar-refractivity contribution in [2.24, 2.45) is 0 Å². The summed E-state index contributed by atoms with van der Waals surface area (Å²) in [7, 11) is 0. The van der Waals surface area contributed by atoms with Crippen LogP contribution in [0.25, 0.3) is 0 Å². The molecule has 0 spiro atoms. The summed E-state index contributed by atoms with van der Waals surface area (Å²) in [5, 5.41) is 33.1. The summed E-state index contributed by atoms with van der Waals surface area (Å²) >= 11 is 0. The number of nitro groups is 1. The van der Waals surface area contributed by atoms with Gasteiger partial charge >= 0.3 is 12.3 Å². The second-order valence-corrected chi connectivity index (χ2v) is 6.80. The van der Waals surface area contributed by atoms with Crippen LogP contribution in [0.5, 0.6) is 0 Å². The first-order valence-corrected chi connectivity index (χ1v) is 7.90. The number of nitrogens with zero attached hydrogens (tertiary/aromatic N) is 1. The van der Waals surface area contributed by atoms with Crippen LogP contribution in [-0.2, 0) is 10.9 Å². The first-order chi connectivity index (χ1) is 12.2. The van der Waals surface area contributed by atoms with Gasteiger partial charge in [0.1, 0.15) is 11.7 Å². The number of hydrogen-bond acceptors (Lipinski definition) is 6. The number of nitro benzene ring substituents is 1. The fourth-order valence-corrected chi connectivity index (χ4v) is 2.09. The van der Waals surface area contributed by atoms with Gasteiger partial charge in [0.15, 0.2) is 0 Å². The van der Waals surface area contributed by atoms with Gasteiger partial charge in [0.05, 0.1) is 16.6 Å². The third-order valence-corrected chi connectivity index (χ3v) is 3.29. The minimum atomic E-state index is -4.86. The SMILES string of the molecule is CC(C)(C)OC(=O)NCCC(O)C(O)c1cc([N+](=O)[O-])cc(C(F)(F)F)c1. The van der Waals surface area contributed by atoms with Crippen molar-refractivity contribution in [3.63, 3.8) is 0 Å². The number of non-ortho nitro benzene ring substituents is 1. The number of ether oxygens (including phenoxy) is 1. The van der Waals surface area contributed by atoms with Gasteiger partial charge in [0, 0.05) is 18.7 Å². The molecule has 8 nitrogen and oxygen atoms in total. The molecule has 0 saturated carbocycles. The number of carbonyl (C=O) groups excluding carboxylic acids is 1. The lowest BCUT2D eigenvalue weighted by Crippen LogP contribution is -2.34. The van der Waals surface area contributed by atoms with Gasteiger partial charge in [-0.3, -0.25) is 10.1 Å². The third-order valence-electron chi connectivity index (χ3n) is 3.29. The topological polar surface area (TPSA) is 122 Å². The van der Waals surface area contributed by atoms with E-state index in [2.05, 4.69) is 5.32 Å². The number of rotatable bonds is 6. The zero-order valence-corrected chi connectivity index (χ0v) is 14.9. The standard InChI is InChI=1S/C16H21F3N2O6/c1-15(2,3)27-14(24)20-5-4-12(22)13(23)9-6-10(16(17,18)19)8-11(7-9)21(25)26/h6-8,12-13,22-23H,4-5H2,1-3H3,(H,20,24). The van der Waals surface area contributed by atoms with E-state index in [1.165, 1.54) is 0 Å². The van der Waals surface area contributed by atoms with E-state index in [1.54, 1.807) is 20.8 Å². The predicted molar refractivity (Wildman–Crippen MR) is 87.9 cm³/mol. The van der Waals surface area contributed by atoms with Crippen LogP contribution in [0.4, 0.5) is 23.7 Å². The number of carbonyl (C=O) groups is 1. The molecule has 0 radical (unpaired) electrons. The number of benzene rings is 1. The Morgan fingerprint density at radius 1 is 1.26 bits per heavy atom. The van der Waals surface area contributed by atoms with Gasteiger partial charge in [-0.1, -0.05) is 0 Å². The van der Waals surface area contributed by atoms with E-state index in [0.717, 1.165) is 6.07 Å². The number of amides is 1. The van der Waals surface area contributed by atoms with Gasteiger partial charge in [0.25, 0.3) is 5.69 Å². The predicted octanol–water partition coefficient (Wildman–Crippen LogP) is 2.92. The summed E-state index contributed by atoms with van der Waals surface area (Å²) in [5.74, 6) is 0. The van der Waals surface area contributed by atoms with Gasteiger partial charge in [0.2, 0.25) is 0 Å². The molecule has 1 amide bonds. The van der Waals surface area contributed by atoms with Crippen LogP contribution in [0, 0.1) is 10.1 Å². The van der Waals surface area contributed by atoms with Crippen molar-refractivity contribution in [2.75, 3.05) is 6.54 Å². The summed E-state index contributed by atoms with van der Waals surface area (Å²) in [4.78, 5) is 21.3. The molecule has 2 unspecified atom stereocenters. The van der Waals surface area contributed by atoms with Gasteiger partial charge in [-0.15, -0.1) is 0 Å². The third kappa shape index (κ3) is 7.39. The number of nitrogens with one attached hydrogen (secondary N) is 1. The molecular weight excluding hydrogens is 373 g/mol. The molecule has 0 aliphatic rings. The minimum absolute atomic E-state index is 0.131. The van der Waals surface area contributed by atoms with Crippen LogP contribution in [0.1, 0.15) is 44.4 Å². The van der Waals surface area contributed by atoms with Crippen LogP contribution in [0.2, 0.25) is 0 Å². The molecule has 0 aliphatic carbocycles. The lowest BCUT2D eigenvalue weighted by atomic mass is 9.99. The summed E-state index contributed by atoms with van der Waals surface area (Å²) in [5.41, 5.74) is -3.37. The quantitative estimate of drug-likeness (QED) is 0.504. The van der Waals surface area contributed by atoms with Crippen molar-refractivity contribution in [1.29, 1.82) is 0 Å². The van der Waals surface area contributed by atoms with Crippen molar-refractivity contribution in [3.8, 4) is 0 Å². The van der Waals surface area contributed by atoms with Gasteiger partial charge in [-0.2, -0.15) is 13.2 Å². The largest absolute Gasteiger partial charge is 0.444 e. The summed E-state index contributed by atoms with van der Waals surface area (Å²) in [6.07, 6.45) is -9.22. The van der Waals surface area contributed by atoms with Crippen molar-refractivity contribution in [3.05, 3.63) is 39.4 Å². The maximum absolute atomic E-state index is 12.9. The molecule has 1 rings (SSSR count). The smallest absolute Gasteiger partial charge is 0.416 e. The molecule has 0 aromatic heterocycles. The summed E-state index contributed by atoms with van der Waals surface area (Å²) < 4.78 is 43.6. The van der Waals surface area contributed by atoms with Crippen molar-refractivity contribution < 1.29 is 37.8 Å². The highest BCUT2D eigenvalue weighted by Crippen LogP contribution is 2.34. The number of hydrogen-bond donors (Lipinski definition) is 3. The normalized spacial score (nSPS) is 14.4. The summed E-state index contributed by atoms with van der Waals surface area (Å²) in [6.45, 7) is 4.80. The molecule has 0 fully saturated rings. The number of aliphatic hydroxyl groups is 2. The Kier molecular flexibility index (Phi) is 7.15. The van der Waals surface area contributed by atoms with E-state index in [1.807, 2.05) is 0 Å². The van der Waals surface area contributed by atoms with E-state index in [4.69, 9.17) is 4.74 Å². The fraction of sp³-hybridized carbons (Fsp3) is 0.562. The number of aliphatic hydroxyl groups excluding tert-OH is 2. The Bertz CT molecular complexity index is 688. The number of halogens is 3. The maximum Gasteiger partial charge on any atom is 0.416 e. The van der Waals surface area contributed by atoms with Crippen LogP contribution >= 0.6 is 0 Å². The summed E-state index contributed by atoms with van der Waals surface area (Å²) in [6, 6.07) is 1.62. The lowest BCUT2D eigenvalue weighted by Gasteiger charge is -2.21. The molecule has 11 heteroatoms. The van der Waals surface area contributed by atoms with Crippen LogP contribution in [0.15, 0.2) is 18.2 Å². The average Bonchev–Trinajstić information content (AvgIpc) is 2.50. The Hall–Kier alpha value is -2.40. The van der Waals surface area contributed by atoms with Gasteiger partial charge in [-0.05, 0) is 38.8 Å². The molecule has 0 saturated heterocycles. The molecule has 0 aliphatic heterocycles. The van der Waals surface area contributed by atoms with E-state index in [-0.39, 0.29) is 13.0 Å². The average molecular weight is 394 g/mol. The zero-order chi connectivity index (χ0) is 21.0. The van der Waals surface area contributed by atoms with E-state index >= 15 is 0 Å². The van der Waals surface area contributed by atoms with E-state index < -0.39 is 51.8 Å². The highest BCUT2D eigenvalue weighted by molar-refractivity contribution is 5.67. The van der Waals surface area contributed by atoms with E-state index in [9.17, 15) is 38.3 Å². The number of alkyl carbamates (subject to hydrolysis) is 1. The molecular formula is C16H21F3N2O6. The second kappa shape index (κ2) is 8.53. The fourth-order valence-electron chi connectivity index (χ4n) is 2.09. The Morgan fingerprint density at radius 2 is 1.85 bits per heavy atom. The van der Waals surface area contributed by atoms with Crippen molar-refractivity contribution >= 4 is 11.8 Å². The second-order valence-electron chi connectivity index (χ2n) is 6.80. The van der Waals surface area contributed by atoms with Crippen LogP contribution in [-0.4, -0.2) is 39.5 Å². The molecule has 27 heavy (non-hydrogen) atoms. The molecule has 0 heterocycles. The monoisotopic (exact) mass is 394 g/mol. The molecule has 1 aromatic rings. The highest BCUT2D eigenvalue weighted by atomic mass is 19.4. The van der Waals surface area contributed by atoms with Crippen molar-refractivity contribution in [1.82, 2.24) is 5.32 Å². The lowest BCUT2D eigenvalue weighted by molar-refractivity contribution is -0.385. The molecule has 1 aromatic carbocycles. The van der Waals surface area contributed by atoms with Gasteiger partial charge in [-0.25, -0.2) is 4.79 Å². The Morgan fingerprint density at radius 3 is 2.33 bits per heavy atom. The maximum atomic E-state index is 12.9. The van der Waals surface area contributed by atoms with Crippen LogP contribution in [0.3, 0.4) is 0 Å². The molecule has 152 valence electrons. The van der Waals surface area contributed by atoms with Crippen molar-refractivity contribution in [2.45, 2.75) is 51.2 Å². The molecule has 3 N–H and O–H groups in total. The highest BCUT2D eigenvalue weighted by Gasteiger charge is 2.34. The Balaban J connectivity index is 2.82. The van der Waals surface area contributed by atoms with E-state index in [0.29, 0.717) is 12.1 Å². The first kappa shape index (κ1) is 22.6. The molecule has 0 bridgehead atoms. The molecule has 2 atom stereocenters. The minimum Gasteiger partial charge on any atom is -0.444 e. The first-order valence-electron chi connectivity index (χ1n) is 7.90. The zero-order valence-electron chi connectivity index (χ0n) is 14.9. The Labute approximate surface area is 153 Å². The van der Waals surface area contributed by atoms with Crippen LogP contribution < -0.4 is 5.32 Å². The van der Waals surface area contributed by atoms with Gasteiger partial charge < -0.3 is 20.3 Å². The number of alkyl halides is 3.